The van der Waals surface area contributed by atoms with Gasteiger partial charge in [-0.2, -0.15) is 0 Å². The first kappa shape index (κ1) is 16.8. The third kappa shape index (κ3) is 3.46. The molecule has 0 heterocycles. The second kappa shape index (κ2) is 6.05. The van der Waals surface area contributed by atoms with Gasteiger partial charge in [0.15, 0.2) is 11.6 Å². The largest absolute Gasteiger partial charge is 0.339 e. The summed E-state index contributed by atoms with van der Waals surface area (Å²) in [5, 5.41) is 0. The van der Waals surface area contributed by atoms with Gasteiger partial charge in [-0.15, -0.1) is 0 Å². The second-order valence-corrected chi connectivity index (χ2v) is 6.91. The molecule has 0 saturated carbocycles. The van der Waals surface area contributed by atoms with Gasteiger partial charge in [-0.3, -0.25) is 4.79 Å². The van der Waals surface area contributed by atoms with Gasteiger partial charge in [-0.1, -0.05) is 6.92 Å². The maximum atomic E-state index is 13.3. The Kier molecular flexibility index (Phi) is 5.10. The van der Waals surface area contributed by atoms with Gasteiger partial charge < -0.3 is 4.90 Å². The Morgan fingerprint density at radius 2 is 1.85 bits per heavy atom. The summed E-state index contributed by atoms with van der Waals surface area (Å²) < 4.78 is 49.2. The molecule has 4 nitrogen and oxygen atoms in total. The Morgan fingerprint density at radius 1 is 1.35 bits per heavy atom. The maximum Gasteiger partial charge on any atom is 0.262 e. The third-order valence-electron chi connectivity index (χ3n) is 3.09. The van der Waals surface area contributed by atoms with Gasteiger partial charge in [0.25, 0.3) is 15.0 Å². The van der Waals surface area contributed by atoms with Crippen LogP contribution in [0.25, 0.3) is 0 Å². The van der Waals surface area contributed by atoms with Gasteiger partial charge in [0.05, 0.1) is 10.5 Å². The highest BCUT2D eigenvalue weighted by atomic mass is 35.7. The molecule has 1 rings (SSSR count). The first-order valence-corrected chi connectivity index (χ1v) is 8.11. The van der Waals surface area contributed by atoms with Gasteiger partial charge in [0.1, 0.15) is 0 Å². The number of carbonyl (C=O) groups excluding carboxylic acids is 1. The van der Waals surface area contributed by atoms with E-state index in [1.165, 1.54) is 11.9 Å². The van der Waals surface area contributed by atoms with Crippen molar-refractivity contribution in [2.45, 2.75) is 31.2 Å². The highest BCUT2D eigenvalue weighted by Crippen LogP contribution is 2.25. The van der Waals surface area contributed by atoms with Crippen LogP contribution in [-0.2, 0) is 9.05 Å². The molecule has 8 heteroatoms. The average molecular weight is 326 g/mol. The molecule has 1 amide bonds. The first-order chi connectivity index (χ1) is 9.09. The lowest BCUT2D eigenvalue weighted by molar-refractivity contribution is 0.0736. The van der Waals surface area contributed by atoms with E-state index < -0.39 is 37.1 Å². The van der Waals surface area contributed by atoms with Gasteiger partial charge in [-0.05, 0) is 25.5 Å². The van der Waals surface area contributed by atoms with Crippen LogP contribution in [0, 0.1) is 11.6 Å². The molecule has 1 atom stereocenters. The van der Waals surface area contributed by atoms with Crippen molar-refractivity contribution in [3.8, 4) is 0 Å². The van der Waals surface area contributed by atoms with Crippen molar-refractivity contribution < 1.29 is 22.0 Å². The summed E-state index contributed by atoms with van der Waals surface area (Å²) in [7, 11) is 2.24. The Labute approximate surface area is 120 Å². The number of hydrogen-bond donors (Lipinski definition) is 0. The molecule has 0 fully saturated rings. The lowest BCUT2D eigenvalue weighted by Crippen LogP contribution is -2.35. The van der Waals surface area contributed by atoms with E-state index in [1.54, 1.807) is 6.92 Å². The minimum atomic E-state index is -4.37. The molecule has 0 aliphatic carbocycles. The van der Waals surface area contributed by atoms with Crippen LogP contribution in [0.15, 0.2) is 17.0 Å². The fraction of sp³-hybridized carbons (Fsp3) is 0.417. The van der Waals surface area contributed by atoms with Crippen LogP contribution >= 0.6 is 10.7 Å². The summed E-state index contributed by atoms with van der Waals surface area (Å²) in [6.07, 6.45) is 0.620. The summed E-state index contributed by atoms with van der Waals surface area (Å²) >= 11 is 0. The van der Waals surface area contributed by atoms with E-state index in [1.807, 2.05) is 6.92 Å². The molecule has 0 aliphatic heterocycles. The number of benzene rings is 1. The molecule has 0 radical (unpaired) electrons. The van der Waals surface area contributed by atoms with Crippen molar-refractivity contribution in [1.82, 2.24) is 4.90 Å². The van der Waals surface area contributed by atoms with Crippen molar-refractivity contribution in [2.24, 2.45) is 0 Å². The van der Waals surface area contributed by atoms with Crippen LogP contribution in [0.3, 0.4) is 0 Å². The Hall–Kier alpha value is -1.21. The molecule has 112 valence electrons. The fourth-order valence-corrected chi connectivity index (χ4v) is 2.60. The first-order valence-electron chi connectivity index (χ1n) is 5.80. The minimum Gasteiger partial charge on any atom is -0.339 e. The summed E-state index contributed by atoms with van der Waals surface area (Å²) in [6.45, 7) is 3.57. The molecule has 0 aliphatic rings. The molecule has 0 saturated heterocycles. The highest BCUT2D eigenvalue weighted by Gasteiger charge is 2.27. The van der Waals surface area contributed by atoms with E-state index in [2.05, 4.69) is 0 Å². The van der Waals surface area contributed by atoms with Crippen LogP contribution in [-0.4, -0.2) is 32.3 Å². The molecule has 20 heavy (non-hydrogen) atoms. The summed E-state index contributed by atoms with van der Waals surface area (Å²) in [6, 6.07) is 0.766. The zero-order chi connectivity index (χ0) is 15.7. The molecule has 0 bridgehead atoms. The Balaban J connectivity index is 3.44. The summed E-state index contributed by atoms with van der Waals surface area (Å²) in [4.78, 5) is 12.7. The van der Waals surface area contributed by atoms with Gasteiger partial charge in [0, 0.05) is 23.8 Å². The molecular formula is C12H14ClF2NO3S. The van der Waals surface area contributed by atoms with Crippen LogP contribution in [0.5, 0.6) is 0 Å². The molecule has 1 unspecified atom stereocenters. The standard InChI is InChI=1S/C12H14ClF2NO3S/c1-4-7(2)16(3)12(17)8-5-9(14)10(15)6-11(8)20(13,18)19/h5-7H,4H2,1-3H3. The van der Waals surface area contributed by atoms with Crippen molar-refractivity contribution in [1.29, 1.82) is 0 Å². The molecular weight excluding hydrogens is 312 g/mol. The molecule has 0 N–H and O–H groups in total. The number of nitrogens with zero attached hydrogens (tertiary/aromatic N) is 1. The van der Waals surface area contributed by atoms with E-state index in [9.17, 15) is 22.0 Å². The minimum absolute atomic E-state index is 0.193. The van der Waals surface area contributed by atoms with E-state index >= 15 is 0 Å². The van der Waals surface area contributed by atoms with E-state index in [-0.39, 0.29) is 6.04 Å². The second-order valence-electron chi connectivity index (χ2n) is 4.37. The zero-order valence-corrected chi connectivity index (χ0v) is 12.7. The van der Waals surface area contributed by atoms with E-state index in [4.69, 9.17) is 10.7 Å². The number of carbonyl (C=O) groups is 1. The van der Waals surface area contributed by atoms with Gasteiger partial charge in [0.2, 0.25) is 0 Å². The summed E-state index contributed by atoms with van der Waals surface area (Å²) in [5.74, 6) is -3.43. The number of amides is 1. The normalized spacial score (nSPS) is 13.1. The van der Waals surface area contributed by atoms with Crippen LogP contribution < -0.4 is 0 Å². The average Bonchev–Trinajstić information content (AvgIpc) is 2.37. The van der Waals surface area contributed by atoms with Crippen molar-refractivity contribution in [3.05, 3.63) is 29.3 Å². The lowest BCUT2D eigenvalue weighted by Gasteiger charge is -2.24. The Morgan fingerprint density at radius 3 is 2.30 bits per heavy atom. The van der Waals surface area contributed by atoms with Crippen molar-refractivity contribution in [2.75, 3.05) is 7.05 Å². The Bertz CT molecular complexity index is 634. The van der Waals surface area contributed by atoms with Gasteiger partial charge >= 0.3 is 0 Å². The lowest BCUT2D eigenvalue weighted by atomic mass is 10.1. The SMILES string of the molecule is CCC(C)N(C)C(=O)c1cc(F)c(F)cc1S(=O)(=O)Cl. The quantitative estimate of drug-likeness (QED) is 0.800. The molecule has 0 aromatic heterocycles. The highest BCUT2D eigenvalue weighted by molar-refractivity contribution is 8.13. The van der Waals surface area contributed by atoms with Crippen LogP contribution in [0.4, 0.5) is 8.78 Å². The molecule has 1 aromatic rings. The van der Waals surface area contributed by atoms with Crippen molar-refractivity contribution >= 4 is 25.6 Å². The summed E-state index contributed by atoms with van der Waals surface area (Å²) in [5.41, 5.74) is -0.485. The van der Waals surface area contributed by atoms with Crippen LogP contribution in [0.1, 0.15) is 30.6 Å². The number of hydrogen-bond acceptors (Lipinski definition) is 3. The number of halogens is 3. The van der Waals surface area contributed by atoms with E-state index in [0.29, 0.717) is 18.6 Å². The van der Waals surface area contributed by atoms with E-state index in [0.717, 1.165) is 0 Å². The van der Waals surface area contributed by atoms with Gasteiger partial charge in [-0.25, -0.2) is 17.2 Å². The topological polar surface area (TPSA) is 54.5 Å². The zero-order valence-electron chi connectivity index (χ0n) is 11.2. The number of rotatable bonds is 4. The van der Waals surface area contributed by atoms with Crippen molar-refractivity contribution in [3.63, 3.8) is 0 Å². The van der Waals surface area contributed by atoms with Crippen LogP contribution in [0.2, 0.25) is 0 Å². The smallest absolute Gasteiger partial charge is 0.262 e. The third-order valence-corrected chi connectivity index (χ3v) is 4.45. The monoisotopic (exact) mass is 325 g/mol. The molecule has 0 spiro atoms. The fourth-order valence-electron chi connectivity index (χ4n) is 1.56. The maximum absolute atomic E-state index is 13.3. The molecule has 1 aromatic carbocycles. The predicted octanol–water partition coefficient (Wildman–Crippen LogP) is 2.76. The predicted molar refractivity (Wildman–Crippen MR) is 71.2 cm³/mol.